The first kappa shape index (κ1) is 24.2. The number of ether oxygens (including phenoxy) is 1. The summed E-state index contributed by atoms with van der Waals surface area (Å²) >= 11 is 6.10. The fourth-order valence-corrected chi connectivity index (χ4v) is 5.08. The Bertz CT molecular complexity index is 1100. The molecule has 0 bridgehead atoms. The molecule has 0 spiro atoms. The standard InChI is InChI=1S/C22H24ClFN2O5S/c1-14(16-5-7-17(24)8-6-16)25-21(27)15(2)31-22(28)19-13-18(9-10-20(19)23)32(29,30)26-11-3-4-12-26/h5-10,13-15H,3-4,11-12H2,1-2H3,(H,25,27). The predicted molar refractivity (Wildman–Crippen MR) is 117 cm³/mol. The van der Waals surface area contributed by atoms with E-state index in [0.29, 0.717) is 18.7 Å². The Morgan fingerprint density at radius 1 is 1.09 bits per heavy atom. The fraction of sp³-hybridized carbons (Fsp3) is 0.364. The van der Waals surface area contributed by atoms with E-state index in [0.717, 1.165) is 12.8 Å². The zero-order chi connectivity index (χ0) is 23.5. The number of halogens is 2. The number of esters is 1. The SMILES string of the molecule is CC(OC(=O)c1cc(S(=O)(=O)N2CCCC2)ccc1Cl)C(=O)NC(C)c1ccc(F)cc1. The van der Waals surface area contributed by atoms with Gasteiger partial charge in [-0.15, -0.1) is 0 Å². The van der Waals surface area contributed by atoms with Crippen molar-refractivity contribution in [2.75, 3.05) is 13.1 Å². The van der Waals surface area contributed by atoms with Gasteiger partial charge < -0.3 is 10.1 Å². The number of nitrogens with zero attached hydrogens (tertiary/aromatic N) is 1. The topological polar surface area (TPSA) is 92.8 Å². The van der Waals surface area contributed by atoms with Crippen molar-refractivity contribution in [1.82, 2.24) is 9.62 Å². The number of rotatable bonds is 7. The van der Waals surface area contributed by atoms with Crippen LogP contribution in [0.3, 0.4) is 0 Å². The summed E-state index contributed by atoms with van der Waals surface area (Å²) in [4.78, 5) is 25.0. The molecule has 1 N–H and O–H groups in total. The van der Waals surface area contributed by atoms with Crippen molar-refractivity contribution >= 4 is 33.5 Å². The lowest BCUT2D eigenvalue weighted by Crippen LogP contribution is -2.37. The highest BCUT2D eigenvalue weighted by Gasteiger charge is 2.29. The van der Waals surface area contributed by atoms with Crippen molar-refractivity contribution in [1.29, 1.82) is 0 Å². The average molecular weight is 483 g/mol. The molecule has 0 radical (unpaired) electrons. The van der Waals surface area contributed by atoms with Crippen LogP contribution in [-0.2, 0) is 19.6 Å². The Morgan fingerprint density at radius 3 is 2.34 bits per heavy atom. The summed E-state index contributed by atoms with van der Waals surface area (Å²) in [6, 6.07) is 9.05. The maximum absolute atomic E-state index is 13.1. The molecule has 1 heterocycles. The molecule has 172 valence electrons. The molecule has 1 aliphatic heterocycles. The molecule has 1 saturated heterocycles. The lowest BCUT2D eigenvalue weighted by atomic mass is 10.1. The van der Waals surface area contributed by atoms with Crippen LogP contribution in [0.5, 0.6) is 0 Å². The number of benzene rings is 2. The maximum atomic E-state index is 13.1. The first-order valence-corrected chi connectivity index (χ1v) is 12.0. The minimum absolute atomic E-state index is 0.0164. The molecular formula is C22H24ClFN2O5S. The van der Waals surface area contributed by atoms with E-state index in [1.807, 2.05) is 0 Å². The lowest BCUT2D eigenvalue weighted by Gasteiger charge is -2.19. The van der Waals surface area contributed by atoms with Crippen LogP contribution in [0.2, 0.25) is 5.02 Å². The molecule has 0 aliphatic carbocycles. The van der Waals surface area contributed by atoms with Crippen LogP contribution in [-0.4, -0.2) is 43.8 Å². The third-order valence-corrected chi connectivity index (χ3v) is 7.47. The third-order valence-electron chi connectivity index (χ3n) is 5.24. The lowest BCUT2D eigenvalue weighted by molar-refractivity contribution is -0.129. The molecule has 3 rings (SSSR count). The van der Waals surface area contributed by atoms with Crippen molar-refractivity contribution in [2.45, 2.75) is 43.7 Å². The van der Waals surface area contributed by atoms with E-state index in [-0.39, 0.29) is 21.3 Å². The van der Waals surface area contributed by atoms with Crippen molar-refractivity contribution in [2.24, 2.45) is 0 Å². The number of sulfonamides is 1. The second-order valence-electron chi connectivity index (χ2n) is 7.58. The molecular weight excluding hydrogens is 459 g/mol. The van der Waals surface area contributed by atoms with E-state index >= 15 is 0 Å². The molecule has 2 aromatic rings. The van der Waals surface area contributed by atoms with Gasteiger partial charge in [-0.3, -0.25) is 4.79 Å². The first-order chi connectivity index (χ1) is 15.1. The molecule has 1 amide bonds. The Hall–Kier alpha value is -2.49. The van der Waals surface area contributed by atoms with Crippen molar-refractivity contribution < 1.29 is 27.1 Å². The molecule has 10 heteroatoms. The summed E-state index contributed by atoms with van der Waals surface area (Å²) in [5, 5.41) is 2.70. The van der Waals surface area contributed by atoms with Gasteiger partial charge in [0.1, 0.15) is 5.82 Å². The van der Waals surface area contributed by atoms with Gasteiger partial charge in [-0.05, 0) is 62.6 Å². The Balaban J connectivity index is 1.69. The minimum atomic E-state index is -3.74. The molecule has 2 unspecified atom stereocenters. The highest BCUT2D eigenvalue weighted by Crippen LogP contribution is 2.26. The molecule has 2 atom stereocenters. The number of carbonyl (C=O) groups excluding carboxylic acids is 2. The number of hydrogen-bond donors (Lipinski definition) is 1. The van der Waals surface area contributed by atoms with E-state index in [1.165, 1.54) is 41.6 Å². The fourth-order valence-electron chi connectivity index (χ4n) is 3.34. The van der Waals surface area contributed by atoms with Gasteiger partial charge in [-0.2, -0.15) is 4.31 Å². The van der Waals surface area contributed by atoms with Crippen molar-refractivity contribution in [3.63, 3.8) is 0 Å². The smallest absolute Gasteiger partial charge is 0.340 e. The van der Waals surface area contributed by atoms with Gasteiger partial charge in [0.25, 0.3) is 5.91 Å². The Labute approximate surface area is 191 Å². The van der Waals surface area contributed by atoms with E-state index in [9.17, 15) is 22.4 Å². The van der Waals surface area contributed by atoms with Gasteiger partial charge in [0.2, 0.25) is 10.0 Å². The second-order valence-corrected chi connectivity index (χ2v) is 9.93. The van der Waals surface area contributed by atoms with Crippen LogP contribution in [0.25, 0.3) is 0 Å². The minimum Gasteiger partial charge on any atom is -0.449 e. The number of carbonyl (C=O) groups is 2. The van der Waals surface area contributed by atoms with Gasteiger partial charge in [0.15, 0.2) is 6.10 Å². The molecule has 1 fully saturated rings. The van der Waals surface area contributed by atoms with Crippen LogP contribution in [0.15, 0.2) is 47.4 Å². The summed E-state index contributed by atoms with van der Waals surface area (Å²) in [6.45, 7) is 3.95. The van der Waals surface area contributed by atoms with Crippen molar-refractivity contribution in [3.05, 3.63) is 64.4 Å². The summed E-state index contributed by atoms with van der Waals surface area (Å²) < 4.78 is 45.2. The van der Waals surface area contributed by atoms with Gasteiger partial charge in [0, 0.05) is 13.1 Å². The first-order valence-electron chi connectivity index (χ1n) is 10.2. The largest absolute Gasteiger partial charge is 0.449 e. The molecule has 1 aliphatic rings. The molecule has 2 aromatic carbocycles. The highest BCUT2D eigenvalue weighted by atomic mass is 35.5. The van der Waals surface area contributed by atoms with Crippen LogP contribution in [0, 0.1) is 5.82 Å². The van der Waals surface area contributed by atoms with E-state index in [4.69, 9.17) is 16.3 Å². The summed E-state index contributed by atoms with van der Waals surface area (Å²) in [5.41, 5.74) is 0.541. The van der Waals surface area contributed by atoms with Crippen LogP contribution >= 0.6 is 11.6 Å². The number of hydrogen-bond acceptors (Lipinski definition) is 5. The van der Waals surface area contributed by atoms with Crippen molar-refractivity contribution in [3.8, 4) is 0 Å². The molecule has 32 heavy (non-hydrogen) atoms. The zero-order valence-electron chi connectivity index (χ0n) is 17.7. The molecule has 0 saturated carbocycles. The van der Waals surface area contributed by atoms with Gasteiger partial charge in [-0.1, -0.05) is 23.7 Å². The average Bonchev–Trinajstić information content (AvgIpc) is 3.30. The summed E-state index contributed by atoms with van der Waals surface area (Å²) in [7, 11) is -3.74. The van der Waals surface area contributed by atoms with Crippen LogP contribution in [0.1, 0.15) is 48.7 Å². The summed E-state index contributed by atoms with van der Waals surface area (Å²) in [6.07, 6.45) is 0.398. The Kier molecular flexibility index (Phi) is 7.53. The molecule has 0 aromatic heterocycles. The zero-order valence-corrected chi connectivity index (χ0v) is 19.2. The molecule has 7 nitrogen and oxygen atoms in total. The maximum Gasteiger partial charge on any atom is 0.340 e. The highest BCUT2D eigenvalue weighted by molar-refractivity contribution is 7.89. The summed E-state index contributed by atoms with van der Waals surface area (Å²) in [5.74, 6) is -1.86. The van der Waals surface area contributed by atoms with Crippen LogP contribution in [0.4, 0.5) is 4.39 Å². The number of amides is 1. The Morgan fingerprint density at radius 2 is 1.72 bits per heavy atom. The van der Waals surface area contributed by atoms with Gasteiger partial charge >= 0.3 is 5.97 Å². The third kappa shape index (κ3) is 5.46. The van der Waals surface area contributed by atoms with Gasteiger partial charge in [0.05, 0.1) is 21.5 Å². The van der Waals surface area contributed by atoms with E-state index in [2.05, 4.69) is 5.32 Å². The van der Waals surface area contributed by atoms with Gasteiger partial charge in [-0.25, -0.2) is 17.6 Å². The second kappa shape index (κ2) is 9.97. The predicted octanol–water partition coefficient (Wildman–Crippen LogP) is 3.69. The quantitative estimate of drug-likeness (QED) is 0.607. The normalized spacial score (nSPS) is 16.4. The number of nitrogens with one attached hydrogen (secondary N) is 1. The van der Waals surface area contributed by atoms with E-state index < -0.39 is 34.0 Å². The monoisotopic (exact) mass is 482 g/mol. The van der Waals surface area contributed by atoms with Crippen LogP contribution < -0.4 is 5.32 Å². The van der Waals surface area contributed by atoms with E-state index in [1.54, 1.807) is 19.1 Å².